The molecule has 0 radical (unpaired) electrons. The molecule has 0 aromatic carbocycles. The highest BCUT2D eigenvalue weighted by Gasteiger charge is 2.28. The number of aromatic amines is 1. The second kappa shape index (κ2) is 6.82. The highest BCUT2D eigenvalue weighted by molar-refractivity contribution is 5.94. The number of hydrogen-bond donors (Lipinski definition) is 2. The van der Waals surface area contributed by atoms with E-state index in [9.17, 15) is 27.2 Å². The van der Waals surface area contributed by atoms with E-state index in [1.165, 1.54) is 11.4 Å². The van der Waals surface area contributed by atoms with E-state index in [0.29, 0.717) is 31.7 Å². The molecule has 2 N–H and O–H groups in total. The Kier molecular flexibility index (Phi) is 4.75. The van der Waals surface area contributed by atoms with E-state index in [1.54, 1.807) is 0 Å². The van der Waals surface area contributed by atoms with Gasteiger partial charge in [0, 0.05) is 25.2 Å². The molecule has 136 valence electrons. The van der Waals surface area contributed by atoms with Gasteiger partial charge in [0.15, 0.2) is 5.56 Å². The van der Waals surface area contributed by atoms with Crippen molar-refractivity contribution in [3.8, 4) is 0 Å². The first kappa shape index (κ1) is 17.4. The third kappa shape index (κ3) is 3.36. The van der Waals surface area contributed by atoms with Crippen LogP contribution in [0.15, 0.2) is 10.9 Å². The molecule has 3 rings (SSSR count). The number of ether oxygens (including phenoxy) is 1. The van der Waals surface area contributed by atoms with Crippen LogP contribution >= 0.6 is 0 Å². The van der Waals surface area contributed by atoms with Crippen LogP contribution in [0.3, 0.4) is 0 Å². The smallest absolute Gasteiger partial charge is 0.290 e. The van der Waals surface area contributed by atoms with Gasteiger partial charge in [0.2, 0.25) is 12.2 Å². The van der Waals surface area contributed by atoms with E-state index < -0.39 is 35.7 Å². The fraction of sp³-hybridized carbons (Fsp3) is 0.500. The van der Waals surface area contributed by atoms with E-state index >= 15 is 0 Å². The molecule has 2 aromatic rings. The van der Waals surface area contributed by atoms with Crippen LogP contribution in [0.1, 0.15) is 34.8 Å². The van der Waals surface area contributed by atoms with Crippen LogP contribution in [0, 0.1) is 5.95 Å². The zero-order valence-corrected chi connectivity index (χ0v) is 12.8. The maximum absolute atomic E-state index is 14.0. The first-order chi connectivity index (χ1) is 11.9. The van der Waals surface area contributed by atoms with Crippen LogP contribution in [0.2, 0.25) is 0 Å². The van der Waals surface area contributed by atoms with Crippen molar-refractivity contribution in [1.82, 2.24) is 19.9 Å². The van der Waals surface area contributed by atoms with E-state index in [2.05, 4.69) is 10.1 Å². The molecule has 7 nitrogen and oxygen atoms in total. The molecule has 1 aliphatic heterocycles. The minimum atomic E-state index is -3.50. The summed E-state index contributed by atoms with van der Waals surface area (Å²) < 4.78 is 57.3. The third-order valence-corrected chi connectivity index (χ3v) is 3.95. The second-order valence-corrected chi connectivity index (χ2v) is 5.58. The van der Waals surface area contributed by atoms with Crippen LogP contribution in [0.4, 0.5) is 17.6 Å². The highest BCUT2D eigenvalue weighted by atomic mass is 19.3. The first-order valence-electron chi connectivity index (χ1n) is 7.50. The van der Waals surface area contributed by atoms with Gasteiger partial charge in [-0.2, -0.15) is 14.0 Å². The number of nitrogens with zero attached hydrogens (tertiary/aromatic N) is 2. The molecular formula is C14H14F4N4O3. The topological polar surface area (TPSA) is 88.5 Å². The molecule has 25 heavy (non-hydrogen) atoms. The minimum Gasteiger partial charge on any atom is -0.381 e. The van der Waals surface area contributed by atoms with E-state index in [0.717, 1.165) is 4.52 Å². The number of amides is 1. The molecule has 0 bridgehead atoms. The highest BCUT2D eigenvalue weighted by Crippen LogP contribution is 2.26. The Labute approximate surface area is 138 Å². The molecule has 1 aliphatic rings. The van der Waals surface area contributed by atoms with Gasteiger partial charge in [0.25, 0.3) is 17.9 Å². The van der Waals surface area contributed by atoms with Crippen molar-refractivity contribution in [2.75, 3.05) is 13.2 Å². The maximum Gasteiger partial charge on any atom is 0.290 e. The molecule has 1 unspecified atom stereocenters. The summed E-state index contributed by atoms with van der Waals surface area (Å²) in [6, 6.07) is 1.47. The summed E-state index contributed by atoms with van der Waals surface area (Å²) in [7, 11) is 0. The van der Waals surface area contributed by atoms with Gasteiger partial charge < -0.3 is 15.0 Å². The fourth-order valence-corrected chi connectivity index (χ4v) is 2.67. The molecule has 0 spiro atoms. The number of alkyl halides is 3. The van der Waals surface area contributed by atoms with Crippen LogP contribution in [0.25, 0.3) is 5.65 Å². The summed E-state index contributed by atoms with van der Waals surface area (Å²) in [5.41, 5.74) is -1.75. The minimum absolute atomic E-state index is 0.00574. The van der Waals surface area contributed by atoms with Crippen molar-refractivity contribution in [1.29, 1.82) is 0 Å². The molecule has 1 amide bonds. The van der Waals surface area contributed by atoms with Gasteiger partial charge in [-0.3, -0.25) is 9.59 Å². The quantitative estimate of drug-likeness (QED) is 0.488. The van der Waals surface area contributed by atoms with Crippen LogP contribution in [0.5, 0.6) is 0 Å². The van der Waals surface area contributed by atoms with E-state index in [-0.39, 0.29) is 11.6 Å². The number of carbonyl (C=O) groups excluding carboxylic acids is 1. The summed E-state index contributed by atoms with van der Waals surface area (Å²) >= 11 is 0. The molecule has 0 aliphatic carbocycles. The van der Waals surface area contributed by atoms with Crippen LogP contribution in [-0.4, -0.2) is 46.4 Å². The molecule has 1 fully saturated rings. The average molecular weight is 362 g/mol. The average Bonchev–Trinajstić information content (AvgIpc) is 2.99. The maximum atomic E-state index is 14.0. The number of hydrogen-bond acceptors (Lipinski definition) is 4. The van der Waals surface area contributed by atoms with Gasteiger partial charge in [-0.1, -0.05) is 0 Å². The predicted octanol–water partition coefficient (Wildman–Crippen LogP) is 1.35. The first-order valence-corrected chi connectivity index (χ1v) is 7.50. The predicted molar refractivity (Wildman–Crippen MR) is 76.9 cm³/mol. The summed E-state index contributed by atoms with van der Waals surface area (Å²) in [5.74, 6) is -2.93. The number of carbonyl (C=O) groups is 1. The van der Waals surface area contributed by atoms with Crippen LogP contribution < -0.4 is 10.9 Å². The molecule has 1 atom stereocenters. The largest absolute Gasteiger partial charge is 0.381 e. The van der Waals surface area contributed by atoms with Crippen molar-refractivity contribution in [3.05, 3.63) is 33.6 Å². The second-order valence-electron chi connectivity index (χ2n) is 5.58. The number of fused-ring (bicyclic) bond motifs is 1. The molecule has 3 heterocycles. The Morgan fingerprint density at radius 3 is 2.68 bits per heavy atom. The third-order valence-electron chi connectivity index (χ3n) is 3.95. The Hall–Kier alpha value is -2.43. The Morgan fingerprint density at radius 2 is 2.04 bits per heavy atom. The number of nitrogens with one attached hydrogen (secondary N) is 2. The van der Waals surface area contributed by atoms with Gasteiger partial charge in [0.1, 0.15) is 5.65 Å². The lowest BCUT2D eigenvalue weighted by molar-refractivity contribution is 0.0284. The standard InChI is InChI=1S/C14H14F4N4O3/c15-10(16)12(18)20-13(23)9-11(17)19-8-5-7(21-22(8)14(9)24)6-1-3-25-4-2-6/h5-6,10,12,19H,1-4H2,(H,20,23). The SMILES string of the molecule is O=C(NC(F)C(F)F)c1c(F)[nH]c2cc(C3CCOCC3)nn2c1=O. The Balaban J connectivity index is 1.97. The van der Waals surface area contributed by atoms with E-state index in [4.69, 9.17) is 4.74 Å². The van der Waals surface area contributed by atoms with Crippen LogP contribution in [-0.2, 0) is 4.74 Å². The lowest BCUT2D eigenvalue weighted by atomic mass is 9.97. The van der Waals surface area contributed by atoms with Gasteiger partial charge in [-0.25, -0.2) is 13.2 Å². The monoisotopic (exact) mass is 362 g/mol. The molecule has 1 saturated heterocycles. The van der Waals surface area contributed by atoms with Gasteiger partial charge in [-0.15, -0.1) is 0 Å². The number of rotatable bonds is 4. The normalized spacial score (nSPS) is 17.2. The Morgan fingerprint density at radius 1 is 1.36 bits per heavy atom. The molecule has 2 aromatic heterocycles. The fourth-order valence-electron chi connectivity index (χ4n) is 2.67. The van der Waals surface area contributed by atoms with Crippen molar-refractivity contribution in [2.24, 2.45) is 0 Å². The summed E-state index contributed by atoms with van der Waals surface area (Å²) in [4.78, 5) is 26.2. The van der Waals surface area contributed by atoms with Crippen molar-refractivity contribution in [2.45, 2.75) is 31.5 Å². The van der Waals surface area contributed by atoms with Crippen molar-refractivity contribution in [3.63, 3.8) is 0 Å². The van der Waals surface area contributed by atoms with Crippen molar-refractivity contribution >= 4 is 11.6 Å². The van der Waals surface area contributed by atoms with Gasteiger partial charge in [-0.05, 0) is 12.8 Å². The van der Waals surface area contributed by atoms with E-state index in [1.807, 2.05) is 0 Å². The number of halogens is 4. The zero-order chi connectivity index (χ0) is 18.1. The Bertz CT molecular complexity index is 844. The number of aromatic nitrogens is 3. The molecular weight excluding hydrogens is 348 g/mol. The molecule has 11 heteroatoms. The van der Waals surface area contributed by atoms with Gasteiger partial charge >= 0.3 is 0 Å². The molecule has 0 saturated carbocycles. The number of H-pyrrole nitrogens is 1. The summed E-state index contributed by atoms with van der Waals surface area (Å²) in [6.45, 7) is 1.06. The van der Waals surface area contributed by atoms with Crippen molar-refractivity contribution < 1.29 is 27.1 Å². The lowest BCUT2D eigenvalue weighted by Crippen LogP contribution is -2.40. The zero-order valence-electron chi connectivity index (χ0n) is 12.8. The van der Waals surface area contributed by atoms with Gasteiger partial charge in [0.05, 0.1) is 5.69 Å². The lowest BCUT2D eigenvalue weighted by Gasteiger charge is -2.19. The summed E-state index contributed by atoms with van der Waals surface area (Å²) in [5, 5.41) is 5.30. The summed E-state index contributed by atoms with van der Waals surface area (Å²) in [6.07, 6.45) is -5.17.